The van der Waals surface area contributed by atoms with Gasteiger partial charge in [-0.05, 0) is 30.6 Å². The largest absolute Gasteiger partial charge is 0.342 e. The first-order valence-corrected chi connectivity index (χ1v) is 7.11. The van der Waals surface area contributed by atoms with Crippen LogP contribution in [-0.4, -0.2) is 32.7 Å². The number of carbonyl (C=O) groups excluding carboxylic acids is 1. The Morgan fingerprint density at radius 3 is 2.94 bits per heavy atom. The number of carbonyl (C=O) groups is 1. The van der Waals surface area contributed by atoms with Crippen molar-refractivity contribution >= 4 is 23.4 Å². The molecule has 0 aliphatic rings. The lowest BCUT2D eigenvalue weighted by molar-refractivity contribution is -0.119. The van der Waals surface area contributed by atoms with Crippen molar-refractivity contribution in [3.8, 4) is 0 Å². The first-order valence-electron chi connectivity index (χ1n) is 5.72. The van der Waals surface area contributed by atoms with Crippen molar-refractivity contribution in [1.29, 1.82) is 0 Å². The Morgan fingerprint density at radius 2 is 2.33 bits per heavy atom. The molecule has 0 fully saturated rings. The number of rotatable bonds is 6. The summed E-state index contributed by atoms with van der Waals surface area (Å²) in [6, 6.07) is 3.68. The van der Waals surface area contributed by atoms with Crippen LogP contribution in [0, 0.1) is 0 Å². The van der Waals surface area contributed by atoms with Gasteiger partial charge in [0.05, 0.1) is 11.9 Å². The highest BCUT2D eigenvalue weighted by molar-refractivity contribution is 7.98. The number of anilines is 1. The van der Waals surface area contributed by atoms with Crippen molar-refractivity contribution in [3.63, 3.8) is 0 Å². The van der Waals surface area contributed by atoms with Crippen molar-refractivity contribution < 1.29 is 4.79 Å². The molecule has 0 unspecified atom stereocenters. The third-order valence-corrected chi connectivity index (χ3v) is 3.30. The van der Waals surface area contributed by atoms with Gasteiger partial charge in [-0.3, -0.25) is 9.89 Å². The second-order valence-corrected chi connectivity index (χ2v) is 4.89. The minimum absolute atomic E-state index is 0.0124. The van der Waals surface area contributed by atoms with E-state index >= 15 is 0 Å². The zero-order chi connectivity index (χ0) is 12.8. The average molecular weight is 264 g/mol. The minimum Gasteiger partial charge on any atom is -0.342 e. The molecule has 0 radical (unpaired) electrons. The number of amides is 1. The van der Waals surface area contributed by atoms with Crippen molar-refractivity contribution in [2.24, 2.45) is 0 Å². The van der Waals surface area contributed by atoms with E-state index in [0.29, 0.717) is 5.69 Å². The minimum atomic E-state index is -0.178. The molecule has 2 rings (SSSR count). The SMILES string of the molecule is CSCC[C@H](C(=O)Nc1cn[nH]c1)n1cccc1. The summed E-state index contributed by atoms with van der Waals surface area (Å²) >= 11 is 1.74. The van der Waals surface area contributed by atoms with Gasteiger partial charge in [-0.25, -0.2) is 0 Å². The maximum absolute atomic E-state index is 12.2. The van der Waals surface area contributed by atoms with Gasteiger partial charge in [-0.2, -0.15) is 16.9 Å². The van der Waals surface area contributed by atoms with Gasteiger partial charge in [-0.1, -0.05) is 0 Å². The molecule has 96 valence electrons. The molecule has 0 bridgehead atoms. The zero-order valence-electron chi connectivity index (χ0n) is 10.2. The van der Waals surface area contributed by atoms with Gasteiger partial charge in [0.1, 0.15) is 6.04 Å². The first kappa shape index (κ1) is 12.8. The summed E-state index contributed by atoms with van der Waals surface area (Å²) in [4.78, 5) is 12.2. The number of thioether (sulfide) groups is 1. The van der Waals surface area contributed by atoms with Gasteiger partial charge in [0, 0.05) is 18.6 Å². The molecular weight excluding hydrogens is 248 g/mol. The molecule has 2 heterocycles. The molecule has 0 aliphatic carbocycles. The van der Waals surface area contributed by atoms with E-state index in [1.165, 1.54) is 0 Å². The highest BCUT2D eigenvalue weighted by Gasteiger charge is 2.19. The fourth-order valence-corrected chi connectivity index (χ4v) is 2.20. The number of nitrogens with zero attached hydrogens (tertiary/aromatic N) is 2. The Hall–Kier alpha value is -1.69. The molecule has 2 aromatic heterocycles. The smallest absolute Gasteiger partial charge is 0.247 e. The predicted octanol–water partition coefficient (Wildman–Crippen LogP) is 2.14. The number of hydrogen-bond acceptors (Lipinski definition) is 3. The molecule has 6 heteroatoms. The lowest BCUT2D eigenvalue weighted by Gasteiger charge is -2.17. The summed E-state index contributed by atoms with van der Waals surface area (Å²) in [5, 5.41) is 9.34. The summed E-state index contributed by atoms with van der Waals surface area (Å²) in [6.45, 7) is 0. The number of H-pyrrole nitrogens is 1. The van der Waals surface area contributed by atoms with Crippen LogP contribution in [-0.2, 0) is 4.79 Å². The number of nitrogens with one attached hydrogen (secondary N) is 2. The Kier molecular flexibility index (Phi) is 4.46. The maximum Gasteiger partial charge on any atom is 0.247 e. The van der Waals surface area contributed by atoms with Gasteiger partial charge in [0.15, 0.2) is 0 Å². The van der Waals surface area contributed by atoms with Crippen LogP contribution in [0.1, 0.15) is 12.5 Å². The topological polar surface area (TPSA) is 62.7 Å². The van der Waals surface area contributed by atoms with Crippen molar-refractivity contribution in [2.45, 2.75) is 12.5 Å². The molecule has 0 saturated heterocycles. The summed E-state index contributed by atoms with van der Waals surface area (Å²) < 4.78 is 1.94. The van der Waals surface area contributed by atoms with E-state index in [-0.39, 0.29) is 11.9 Å². The summed E-state index contributed by atoms with van der Waals surface area (Å²) in [5.41, 5.74) is 0.696. The van der Waals surface area contributed by atoms with E-state index < -0.39 is 0 Å². The third-order valence-electron chi connectivity index (χ3n) is 2.65. The summed E-state index contributed by atoms with van der Waals surface area (Å²) in [7, 11) is 0. The standard InChI is InChI=1S/C12H16N4OS/c1-18-7-4-11(16-5-2-3-6-16)12(17)15-10-8-13-14-9-10/h2-3,5-6,8-9,11H,4,7H2,1H3,(H,13,14)(H,15,17)/t11-/m1/s1. The monoisotopic (exact) mass is 264 g/mol. The second-order valence-electron chi connectivity index (χ2n) is 3.90. The Balaban J connectivity index is 2.06. The van der Waals surface area contributed by atoms with Gasteiger partial charge < -0.3 is 9.88 Å². The lowest BCUT2D eigenvalue weighted by atomic mass is 10.2. The molecule has 2 N–H and O–H groups in total. The molecule has 0 aromatic carbocycles. The second kappa shape index (κ2) is 6.30. The van der Waals surface area contributed by atoms with Crippen molar-refractivity contribution in [2.75, 3.05) is 17.3 Å². The maximum atomic E-state index is 12.2. The molecule has 1 atom stereocenters. The van der Waals surface area contributed by atoms with Gasteiger partial charge in [-0.15, -0.1) is 0 Å². The normalized spacial score (nSPS) is 12.3. The average Bonchev–Trinajstić information content (AvgIpc) is 3.02. The van der Waals surface area contributed by atoms with Gasteiger partial charge in [0.25, 0.3) is 0 Å². The number of hydrogen-bond donors (Lipinski definition) is 2. The quantitative estimate of drug-likeness (QED) is 0.840. The van der Waals surface area contributed by atoms with Crippen molar-refractivity contribution in [3.05, 3.63) is 36.9 Å². The van der Waals surface area contributed by atoms with E-state index in [4.69, 9.17) is 0 Å². The Labute approximate surface area is 110 Å². The molecule has 5 nitrogen and oxygen atoms in total. The lowest BCUT2D eigenvalue weighted by Crippen LogP contribution is -2.25. The fraction of sp³-hybridized carbons (Fsp3) is 0.333. The summed E-state index contributed by atoms with van der Waals surface area (Å²) in [5.74, 6) is 0.934. The van der Waals surface area contributed by atoms with Crippen LogP contribution in [0.15, 0.2) is 36.9 Å². The van der Waals surface area contributed by atoms with Crippen LogP contribution >= 0.6 is 11.8 Å². The Morgan fingerprint density at radius 1 is 1.56 bits per heavy atom. The molecule has 0 aliphatic heterocycles. The molecule has 0 saturated carbocycles. The van der Waals surface area contributed by atoms with Crippen LogP contribution in [0.3, 0.4) is 0 Å². The third kappa shape index (κ3) is 3.16. The highest BCUT2D eigenvalue weighted by Crippen LogP contribution is 2.17. The van der Waals surface area contributed by atoms with Crippen LogP contribution in [0.25, 0.3) is 0 Å². The highest BCUT2D eigenvalue weighted by atomic mass is 32.2. The van der Waals surface area contributed by atoms with Crippen LogP contribution < -0.4 is 5.32 Å². The summed E-state index contributed by atoms with van der Waals surface area (Å²) in [6.07, 6.45) is 9.94. The van der Waals surface area contributed by atoms with Crippen LogP contribution in [0.4, 0.5) is 5.69 Å². The Bertz CT molecular complexity index is 466. The van der Waals surface area contributed by atoms with E-state index in [9.17, 15) is 4.79 Å². The van der Waals surface area contributed by atoms with Gasteiger partial charge >= 0.3 is 0 Å². The van der Waals surface area contributed by atoms with Crippen molar-refractivity contribution in [1.82, 2.24) is 14.8 Å². The first-order chi connectivity index (χ1) is 8.81. The van der Waals surface area contributed by atoms with E-state index in [1.807, 2.05) is 35.3 Å². The molecule has 1 amide bonds. The fourth-order valence-electron chi connectivity index (χ4n) is 1.75. The van der Waals surface area contributed by atoms with Crippen LogP contribution in [0.2, 0.25) is 0 Å². The molecule has 2 aromatic rings. The molecule has 0 spiro atoms. The number of aromatic amines is 1. The van der Waals surface area contributed by atoms with Gasteiger partial charge in [0.2, 0.25) is 5.91 Å². The van der Waals surface area contributed by atoms with E-state index in [0.717, 1.165) is 12.2 Å². The van der Waals surface area contributed by atoms with E-state index in [2.05, 4.69) is 15.5 Å². The number of aromatic nitrogens is 3. The molecular formula is C12H16N4OS. The predicted molar refractivity (Wildman–Crippen MR) is 73.7 cm³/mol. The zero-order valence-corrected chi connectivity index (χ0v) is 11.0. The molecule has 18 heavy (non-hydrogen) atoms. The van der Waals surface area contributed by atoms with Crippen LogP contribution in [0.5, 0.6) is 0 Å². The van der Waals surface area contributed by atoms with E-state index in [1.54, 1.807) is 24.2 Å².